The van der Waals surface area contributed by atoms with Gasteiger partial charge in [0.05, 0.1) is 18.9 Å². The molecule has 164 valence electrons. The summed E-state index contributed by atoms with van der Waals surface area (Å²) in [6.07, 6.45) is 5.98. The molecule has 0 spiro atoms. The molecule has 1 atom stereocenters. The summed E-state index contributed by atoms with van der Waals surface area (Å²) in [5.74, 6) is 0. The van der Waals surface area contributed by atoms with E-state index in [1.807, 2.05) is 4.57 Å². The minimum Gasteiger partial charge on any atom is -1.00 e. The number of aromatic nitrogens is 4. The lowest BCUT2D eigenvalue weighted by molar-refractivity contribution is -0.686. The number of hydrogen-bond acceptors (Lipinski definition) is 3. The van der Waals surface area contributed by atoms with E-state index in [9.17, 15) is 9.59 Å². The van der Waals surface area contributed by atoms with Gasteiger partial charge >= 0.3 is 5.69 Å². The van der Waals surface area contributed by atoms with Crippen LogP contribution < -0.4 is 29.0 Å². The molecule has 0 saturated carbocycles. The molecule has 2 N–H and O–H groups in total. The molecule has 0 bridgehead atoms. The molecule has 1 aromatic carbocycles. The van der Waals surface area contributed by atoms with Crippen LogP contribution >= 0.6 is 0 Å². The van der Waals surface area contributed by atoms with Crippen molar-refractivity contribution in [3.8, 4) is 0 Å². The van der Waals surface area contributed by atoms with E-state index in [4.69, 9.17) is 0 Å². The third-order valence-electron chi connectivity index (χ3n) is 5.57. The minimum absolute atomic E-state index is 0. The Morgan fingerprint density at radius 2 is 1.73 bits per heavy atom. The Hall–Kier alpha value is -2.38. The Bertz CT molecular complexity index is 1080. The molecule has 0 amide bonds. The van der Waals surface area contributed by atoms with Gasteiger partial charge in [-0.1, -0.05) is 29.8 Å². The predicted molar refractivity (Wildman–Crippen MR) is 115 cm³/mol. The van der Waals surface area contributed by atoms with Gasteiger partial charge in [-0.25, -0.2) is 9.78 Å². The highest BCUT2D eigenvalue weighted by Gasteiger charge is 2.14. The van der Waals surface area contributed by atoms with Gasteiger partial charge in [0, 0.05) is 27.1 Å². The first kappa shape index (κ1) is 23.9. The third kappa shape index (κ3) is 5.40. The van der Waals surface area contributed by atoms with E-state index in [-0.39, 0.29) is 23.7 Å². The van der Waals surface area contributed by atoms with Crippen LogP contribution in [0, 0.1) is 6.92 Å². The highest BCUT2D eigenvalue weighted by atomic mass is 35.5. The highest BCUT2D eigenvalue weighted by molar-refractivity contribution is 5.69. The zero-order chi connectivity index (χ0) is 21.0. The van der Waals surface area contributed by atoms with Crippen LogP contribution in [0.15, 0.2) is 40.2 Å². The molecule has 0 aliphatic rings. The van der Waals surface area contributed by atoms with Crippen molar-refractivity contribution in [2.75, 3.05) is 6.54 Å². The fourth-order valence-electron chi connectivity index (χ4n) is 3.75. The number of hydrogen-bond donors (Lipinski definition) is 1. The summed E-state index contributed by atoms with van der Waals surface area (Å²) < 4.78 is 4.45. The molecular weight excluding hydrogens is 402 g/mol. The second-order valence-corrected chi connectivity index (χ2v) is 8.07. The summed E-state index contributed by atoms with van der Waals surface area (Å²) in [5.41, 5.74) is 3.03. The van der Waals surface area contributed by atoms with Gasteiger partial charge in [-0.05, 0) is 38.7 Å². The molecule has 3 aromatic rings. The third-order valence-corrected chi connectivity index (χ3v) is 5.57. The fraction of sp³-hybridized carbons (Fsp3) is 0.500. The first-order valence-electron chi connectivity index (χ1n) is 10.4. The van der Waals surface area contributed by atoms with Crippen molar-refractivity contribution >= 4 is 11.2 Å². The molecule has 8 heteroatoms. The highest BCUT2D eigenvalue weighted by Crippen LogP contribution is 2.08. The van der Waals surface area contributed by atoms with Crippen LogP contribution in [0.25, 0.3) is 11.2 Å². The maximum absolute atomic E-state index is 12.4. The van der Waals surface area contributed by atoms with Gasteiger partial charge in [-0.2, -0.15) is 0 Å². The molecule has 0 aliphatic heterocycles. The normalized spacial score (nSPS) is 12.1. The van der Waals surface area contributed by atoms with Gasteiger partial charge in [0.15, 0.2) is 11.2 Å². The maximum Gasteiger partial charge on any atom is 0.332 e. The van der Waals surface area contributed by atoms with E-state index in [1.165, 1.54) is 22.7 Å². The molecule has 0 fully saturated rings. The molecule has 0 aliphatic carbocycles. The van der Waals surface area contributed by atoms with Crippen LogP contribution in [0.2, 0.25) is 0 Å². The maximum atomic E-state index is 12.4. The number of unbranched alkanes of at least 4 members (excludes halogenated alkanes) is 2. The van der Waals surface area contributed by atoms with Gasteiger partial charge in [-0.3, -0.25) is 13.9 Å². The van der Waals surface area contributed by atoms with Crippen LogP contribution in [0.5, 0.6) is 0 Å². The van der Waals surface area contributed by atoms with Crippen molar-refractivity contribution in [2.45, 2.75) is 52.1 Å². The number of benzene rings is 1. The number of nitrogens with two attached hydrogens (primary N) is 1. The first-order valence-corrected chi connectivity index (χ1v) is 10.4. The molecular formula is C22H32ClN5O2. The van der Waals surface area contributed by atoms with E-state index in [0.717, 1.165) is 43.3 Å². The summed E-state index contributed by atoms with van der Waals surface area (Å²) in [5, 5.41) is 2.41. The average Bonchev–Trinajstić information content (AvgIpc) is 3.13. The van der Waals surface area contributed by atoms with Gasteiger partial charge in [0.1, 0.15) is 0 Å². The van der Waals surface area contributed by atoms with E-state index in [2.05, 4.69) is 48.4 Å². The number of nitrogens with zero attached hydrogens (tertiary/aromatic N) is 4. The van der Waals surface area contributed by atoms with Crippen molar-refractivity contribution in [3.63, 3.8) is 0 Å². The summed E-state index contributed by atoms with van der Waals surface area (Å²) in [6, 6.07) is 9.35. The lowest BCUT2D eigenvalue weighted by Crippen LogP contribution is -3.00. The smallest absolute Gasteiger partial charge is 0.332 e. The molecule has 30 heavy (non-hydrogen) atoms. The first-order chi connectivity index (χ1) is 13.9. The van der Waals surface area contributed by atoms with Crippen LogP contribution in [0.1, 0.15) is 37.3 Å². The Labute approximate surface area is 183 Å². The number of fused-ring (bicyclic) bond motifs is 1. The zero-order valence-corrected chi connectivity index (χ0v) is 19.0. The van der Waals surface area contributed by atoms with E-state index >= 15 is 0 Å². The van der Waals surface area contributed by atoms with Gasteiger partial charge in [0.2, 0.25) is 0 Å². The van der Waals surface area contributed by atoms with Gasteiger partial charge in [-0.15, -0.1) is 0 Å². The summed E-state index contributed by atoms with van der Waals surface area (Å²) >= 11 is 0. The van der Waals surface area contributed by atoms with Gasteiger partial charge in [0.25, 0.3) is 5.56 Å². The fourth-order valence-corrected chi connectivity index (χ4v) is 3.75. The lowest BCUT2D eigenvalue weighted by Gasteiger charge is -2.11. The SMILES string of the molecule is Cc1ccc(CC(C)[NH2+]CCCCCn2cnc3c2c(=O)n(C)c(=O)n3C)cc1.[Cl-]. The lowest BCUT2D eigenvalue weighted by atomic mass is 10.1. The Morgan fingerprint density at radius 1 is 1.03 bits per heavy atom. The number of halogens is 1. The molecule has 0 radical (unpaired) electrons. The van der Waals surface area contributed by atoms with Crippen molar-refractivity contribution in [1.29, 1.82) is 0 Å². The minimum atomic E-state index is -0.344. The van der Waals surface area contributed by atoms with Crippen molar-refractivity contribution in [3.05, 3.63) is 62.6 Å². The van der Waals surface area contributed by atoms with Gasteiger partial charge < -0.3 is 22.3 Å². The van der Waals surface area contributed by atoms with Crippen LogP contribution in [-0.4, -0.2) is 31.3 Å². The molecule has 0 saturated heterocycles. The Balaban J connectivity index is 0.00000320. The summed E-state index contributed by atoms with van der Waals surface area (Å²) in [6.45, 7) is 6.24. The number of aryl methyl sites for hydroxylation is 3. The Morgan fingerprint density at radius 3 is 2.43 bits per heavy atom. The second-order valence-electron chi connectivity index (χ2n) is 8.07. The molecule has 2 aromatic heterocycles. The predicted octanol–water partition coefficient (Wildman–Crippen LogP) is -1.89. The summed E-state index contributed by atoms with van der Waals surface area (Å²) in [7, 11) is 3.16. The number of rotatable bonds is 9. The van der Waals surface area contributed by atoms with E-state index < -0.39 is 0 Å². The van der Waals surface area contributed by atoms with Crippen molar-refractivity contribution < 1.29 is 17.7 Å². The molecule has 2 heterocycles. The van der Waals surface area contributed by atoms with Crippen LogP contribution in [-0.2, 0) is 27.1 Å². The standard InChI is InChI=1S/C22H31N5O2.ClH/c1-16-8-10-18(11-9-16)14-17(2)23-12-6-5-7-13-27-15-24-20-19(27)21(28)26(4)22(29)25(20)3;/h8-11,15,17,23H,5-7,12-14H2,1-4H3;1H. The van der Waals surface area contributed by atoms with Crippen molar-refractivity contribution in [2.24, 2.45) is 14.1 Å². The largest absolute Gasteiger partial charge is 1.00 e. The zero-order valence-electron chi connectivity index (χ0n) is 18.3. The number of quaternary nitrogens is 1. The topological polar surface area (TPSA) is 78.4 Å². The molecule has 7 nitrogen and oxygen atoms in total. The molecule has 3 rings (SSSR count). The summed E-state index contributed by atoms with van der Waals surface area (Å²) in [4.78, 5) is 28.7. The van der Waals surface area contributed by atoms with Crippen molar-refractivity contribution in [1.82, 2.24) is 18.7 Å². The van der Waals surface area contributed by atoms with E-state index in [1.54, 1.807) is 13.4 Å². The monoisotopic (exact) mass is 433 g/mol. The van der Waals surface area contributed by atoms with Crippen LogP contribution in [0.4, 0.5) is 0 Å². The molecule has 1 unspecified atom stereocenters. The average molecular weight is 434 g/mol. The Kier molecular flexibility index (Phi) is 8.43. The van der Waals surface area contributed by atoms with E-state index in [0.29, 0.717) is 17.2 Å². The van der Waals surface area contributed by atoms with Crippen LogP contribution in [0.3, 0.4) is 0 Å². The second kappa shape index (κ2) is 10.6. The number of imidazole rings is 1. The quantitative estimate of drug-likeness (QED) is 0.401.